The first-order valence-electron chi connectivity index (χ1n) is 6.23. The van der Waals surface area contributed by atoms with E-state index in [4.69, 9.17) is 11.6 Å². The van der Waals surface area contributed by atoms with Gasteiger partial charge >= 0.3 is 129 Å². The fourth-order valence-corrected chi connectivity index (χ4v) is 3.48. The Morgan fingerprint density at radius 3 is 2.33 bits per heavy atom. The average Bonchev–Trinajstić information content (AvgIpc) is 2.47. The van der Waals surface area contributed by atoms with Gasteiger partial charge in [-0.3, -0.25) is 0 Å². The van der Waals surface area contributed by atoms with Crippen LogP contribution in [-0.2, 0) is 9.84 Å². The summed E-state index contributed by atoms with van der Waals surface area (Å²) in [6.07, 6.45) is 0. The Labute approximate surface area is 129 Å². The first kappa shape index (κ1) is 15.7. The van der Waals surface area contributed by atoms with E-state index in [1.165, 1.54) is 25.1 Å². The molecule has 0 heterocycles. The van der Waals surface area contributed by atoms with Crippen LogP contribution >= 0.6 is 11.6 Å². The minimum atomic E-state index is -3.57. The summed E-state index contributed by atoms with van der Waals surface area (Å²) in [6.45, 7) is 3.04. The molecular formula is C15H12BClO3S. The SMILES string of the molecule is CB=CS(=O)(=O)c1ccc(C(=O)c2ccccc2)cc1Cl. The number of hydrogen-bond acceptors (Lipinski definition) is 3. The van der Waals surface area contributed by atoms with Crippen LogP contribution in [0.1, 0.15) is 15.9 Å². The van der Waals surface area contributed by atoms with Gasteiger partial charge in [0.2, 0.25) is 0 Å². The molecular weight excluding hydrogens is 306 g/mol. The third-order valence-corrected chi connectivity index (χ3v) is 4.88. The van der Waals surface area contributed by atoms with Crippen molar-refractivity contribution in [1.82, 2.24) is 0 Å². The van der Waals surface area contributed by atoms with Crippen LogP contribution in [0.4, 0.5) is 0 Å². The Balaban J connectivity index is 2.43. The van der Waals surface area contributed by atoms with Crippen molar-refractivity contribution in [3.8, 4) is 0 Å². The van der Waals surface area contributed by atoms with Gasteiger partial charge in [0.15, 0.2) is 0 Å². The molecule has 0 radical (unpaired) electrons. The fraction of sp³-hybridized carbons (Fsp3) is 0.0667. The number of carbonyl (C=O) groups excluding carboxylic acids is 1. The summed E-state index contributed by atoms with van der Waals surface area (Å²) in [5, 5.41) is 1.11. The molecule has 106 valence electrons. The van der Waals surface area contributed by atoms with E-state index in [0.717, 1.165) is 5.30 Å². The molecule has 2 aromatic carbocycles. The second-order valence-corrected chi connectivity index (χ2v) is 6.56. The third-order valence-electron chi connectivity index (χ3n) is 2.85. The maximum absolute atomic E-state index is 12.3. The molecule has 3 nitrogen and oxygen atoms in total. The molecule has 0 aliphatic heterocycles. The van der Waals surface area contributed by atoms with E-state index >= 15 is 0 Å². The first-order valence-corrected chi connectivity index (χ1v) is 8.15. The average molecular weight is 319 g/mol. The van der Waals surface area contributed by atoms with E-state index in [9.17, 15) is 13.2 Å². The van der Waals surface area contributed by atoms with Crippen LogP contribution in [0.5, 0.6) is 0 Å². The Bertz CT molecular complexity index is 799. The molecule has 0 N–H and O–H groups in total. The quantitative estimate of drug-likeness (QED) is 0.643. The molecule has 0 fully saturated rings. The predicted molar refractivity (Wildman–Crippen MR) is 86.2 cm³/mol. The maximum atomic E-state index is 12.3. The zero-order valence-electron chi connectivity index (χ0n) is 11.3. The summed E-state index contributed by atoms with van der Waals surface area (Å²) in [7, 11) is -3.57. The Morgan fingerprint density at radius 1 is 1.10 bits per heavy atom. The first-order chi connectivity index (χ1) is 9.95. The Morgan fingerprint density at radius 2 is 1.76 bits per heavy atom. The van der Waals surface area contributed by atoms with Gasteiger partial charge in [0.05, 0.1) is 0 Å². The van der Waals surface area contributed by atoms with E-state index in [0.29, 0.717) is 11.1 Å². The summed E-state index contributed by atoms with van der Waals surface area (Å²) >= 11 is 6.02. The molecule has 6 heteroatoms. The van der Waals surface area contributed by atoms with E-state index in [2.05, 4.69) is 0 Å². The van der Waals surface area contributed by atoms with Crippen molar-refractivity contribution in [2.24, 2.45) is 0 Å². The molecule has 0 saturated heterocycles. The number of hydrogen-bond donors (Lipinski definition) is 0. The topological polar surface area (TPSA) is 51.2 Å². The van der Waals surface area contributed by atoms with Gasteiger partial charge in [-0.25, -0.2) is 0 Å². The van der Waals surface area contributed by atoms with Gasteiger partial charge in [-0.15, -0.1) is 0 Å². The third kappa shape index (κ3) is 3.49. The molecule has 0 unspecified atom stereocenters. The molecule has 0 atom stereocenters. The number of benzene rings is 2. The number of ketones is 1. The van der Waals surface area contributed by atoms with Crippen molar-refractivity contribution < 1.29 is 13.2 Å². The van der Waals surface area contributed by atoms with Crippen molar-refractivity contribution in [2.45, 2.75) is 11.7 Å². The molecule has 2 aromatic rings. The second kappa shape index (κ2) is 6.37. The van der Waals surface area contributed by atoms with Crippen molar-refractivity contribution in [3.05, 3.63) is 64.7 Å². The van der Waals surface area contributed by atoms with Gasteiger partial charge in [-0.05, 0) is 0 Å². The summed E-state index contributed by atoms with van der Waals surface area (Å²) in [5.41, 5.74) is 0.878. The normalized spacial score (nSPS) is 11.3. The van der Waals surface area contributed by atoms with Crippen molar-refractivity contribution >= 4 is 39.4 Å². The molecule has 0 aliphatic carbocycles. The van der Waals surface area contributed by atoms with Gasteiger partial charge in [0.1, 0.15) is 0 Å². The van der Waals surface area contributed by atoms with E-state index in [-0.39, 0.29) is 15.7 Å². The summed E-state index contributed by atoms with van der Waals surface area (Å²) < 4.78 is 23.9. The van der Waals surface area contributed by atoms with Gasteiger partial charge in [0, 0.05) is 0 Å². The summed E-state index contributed by atoms with van der Waals surface area (Å²) in [5.74, 6) is -0.201. The van der Waals surface area contributed by atoms with Gasteiger partial charge < -0.3 is 0 Å². The van der Waals surface area contributed by atoms with Crippen LogP contribution in [0.25, 0.3) is 0 Å². The number of carbonyl (C=O) groups is 1. The second-order valence-electron chi connectivity index (χ2n) is 4.35. The molecule has 21 heavy (non-hydrogen) atoms. The number of halogens is 1. The summed E-state index contributed by atoms with van der Waals surface area (Å²) in [4.78, 5) is 12.3. The van der Waals surface area contributed by atoms with Crippen molar-refractivity contribution in [3.63, 3.8) is 0 Å². The molecule has 0 aliphatic rings. The van der Waals surface area contributed by atoms with Gasteiger partial charge in [0.25, 0.3) is 0 Å². The predicted octanol–water partition coefficient (Wildman–Crippen LogP) is 2.86. The van der Waals surface area contributed by atoms with Crippen LogP contribution in [0.2, 0.25) is 11.8 Å². The molecule has 0 bridgehead atoms. The molecule has 0 saturated carbocycles. The molecule has 0 spiro atoms. The zero-order chi connectivity index (χ0) is 15.5. The minimum absolute atomic E-state index is 0.00752. The van der Waals surface area contributed by atoms with E-state index < -0.39 is 9.84 Å². The van der Waals surface area contributed by atoms with Crippen LogP contribution < -0.4 is 0 Å². The Hall–Kier alpha value is -1.72. The number of sulfone groups is 1. The van der Waals surface area contributed by atoms with Crippen LogP contribution in [0, 0.1) is 0 Å². The van der Waals surface area contributed by atoms with Crippen LogP contribution in [0.15, 0.2) is 53.4 Å². The van der Waals surface area contributed by atoms with Crippen LogP contribution in [-0.4, -0.2) is 26.4 Å². The van der Waals surface area contributed by atoms with E-state index in [1.807, 2.05) is 6.07 Å². The van der Waals surface area contributed by atoms with Crippen molar-refractivity contribution in [1.29, 1.82) is 0 Å². The van der Waals surface area contributed by atoms with E-state index in [1.54, 1.807) is 31.1 Å². The molecule has 0 aromatic heterocycles. The van der Waals surface area contributed by atoms with Gasteiger partial charge in [-0.1, -0.05) is 0 Å². The van der Waals surface area contributed by atoms with Gasteiger partial charge in [-0.2, -0.15) is 0 Å². The molecule has 0 amide bonds. The zero-order valence-corrected chi connectivity index (χ0v) is 12.9. The number of rotatable bonds is 4. The van der Waals surface area contributed by atoms with Crippen molar-refractivity contribution in [2.75, 3.05) is 0 Å². The standard InChI is InChI=1S/C15H12BClO3S/c1-16-10-21(19,20)14-8-7-12(9-13(14)17)15(18)11-5-3-2-4-6-11/h2-10H,1H3. The molecule has 2 rings (SSSR count). The summed E-state index contributed by atoms with van der Waals surface area (Å²) in [6, 6.07) is 12.9. The fourth-order valence-electron chi connectivity index (χ4n) is 1.88. The van der Waals surface area contributed by atoms with Crippen LogP contribution in [0.3, 0.4) is 0 Å². The Kier molecular flexibility index (Phi) is 4.75. The monoisotopic (exact) mass is 318 g/mol.